The number of nitrogens with zero attached hydrogens (tertiary/aromatic N) is 1. The van der Waals surface area contributed by atoms with Crippen LogP contribution < -0.4 is 0 Å². The van der Waals surface area contributed by atoms with E-state index in [1.54, 1.807) is 6.08 Å². The molecule has 1 N–H and O–H groups in total. The maximum atomic E-state index is 12.9. The second-order valence-corrected chi connectivity index (χ2v) is 8.73. The number of carboxylic acid groups (broad SMARTS) is 1. The number of hydrogen-bond donors (Lipinski definition) is 1. The molecule has 0 spiro atoms. The zero-order chi connectivity index (χ0) is 27.2. The van der Waals surface area contributed by atoms with Crippen LogP contribution in [0.25, 0.3) is 11.3 Å². The molecule has 1 heterocycles. The third-order valence-corrected chi connectivity index (χ3v) is 5.94. The summed E-state index contributed by atoms with van der Waals surface area (Å²) in [5.74, 6) is -1.09. The highest BCUT2D eigenvalue weighted by Crippen LogP contribution is 2.30. The molecule has 0 aliphatic rings. The van der Waals surface area contributed by atoms with Crippen LogP contribution in [0.1, 0.15) is 73.4 Å². The van der Waals surface area contributed by atoms with Crippen LogP contribution in [0.5, 0.6) is 0 Å². The molecule has 0 unspecified atom stereocenters. The fourth-order valence-corrected chi connectivity index (χ4v) is 4.10. The molecule has 3 aromatic rings. The average Bonchev–Trinajstić information content (AvgIpc) is 3.28. The Morgan fingerprint density at radius 3 is 2.16 bits per heavy atom. The quantitative estimate of drug-likeness (QED) is 0.219. The fourth-order valence-electron chi connectivity index (χ4n) is 4.10. The Hall–Kier alpha value is -3.86. The number of aromatic nitrogens is 1. The van der Waals surface area contributed by atoms with Crippen molar-refractivity contribution in [3.05, 3.63) is 107 Å². The molecule has 0 saturated carbocycles. The SMILES string of the molecule is C/C=C(\C)c1c(C(=O)OCC)cc(CCc2ccccc2)n1-c1ccc(CCCC(=O)O)cc1.C=CC. The number of esters is 1. The van der Waals surface area contributed by atoms with Crippen LogP contribution in [-0.2, 0) is 28.8 Å². The molecule has 37 heavy (non-hydrogen) atoms. The second kappa shape index (κ2) is 15.3. The highest BCUT2D eigenvalue weighted by molar-refractivity contribution is 5.95. The largest absolute Gasteiger partial charge is 0.481 e. The summed E-state index contributed by atoms with van der Waals surface area (Å²) in [5.41, 5.74) is 6.77. The van der Waals surface area contributed by atoms with E-state index in [1.165, 1.54) is 5.56 Å². The van der Waals surface area contributed by atoms with Gasteiger partial charge in [0.15, 0.2) is 0 Å². The summed E-state index contributed by atoms with van der Waals surface area (Å²) < 4.78 is 7.54. The lowest BCUT2D eigenvalue weighted by molar-refractivity contribution is -0.137. The number of ether oxygens (including phenoxy) is 1. The van der Waals surface area contributed by atoms with E-state index >= 15 is 0 Å². The van der Waals surface area contributed by atoms with Crippen molar-refractivity contribution in [1.29, 1.82) is 0 Å². The van der Waals surface area contributed by atoms with Crippen molar-refractivity contribution in [2.24, 2.45) is 0 Å². The summed E-state index contributed by atoms with van der Waals surface area (Å²) in [5, 5.41) is 8.89. The van der Waals surface area contributed by atoms with Crippen LogP contribution in [0, 0.1) is 0 Å². The molecule has 0 bridgehead atoms. The van der Waals surface area contributed by atoms with E-state index in [1.807, 2.05) is 82.3 Å². The highest BCUT2D eigenvalue weighted by Gasteiger charge is 2.23. The normalized spacial score (nSPS) is 10.9. The second-order valence-electron chi connectivity index (χ2n) is 8.73. The number of carbonyl (C=O) groups excluding carboxylic acids is 1. The molecule has 196 valence electrons. The van der Waals surface area contributed by atoms with Crippen LogP contribution >= 0.6 is 0 Å². The minimum atomic E-state index is -0.773. The standard InChI is InChI=1S/C29H33NO4.C3H6/c1-4-21(3)28-26(29(33)34-5-2)20-25(19-16-22-10-7-6-8-11-22)30(28)24-17-14-23(15-18-24)12-9-13-27(31)32;1-3-2/h4,6-8,10-11,14-15,17-18,20H,5,9,12-13,16,19H2,1-3H3,(H,31,32);3H,1H2,2H3/b21-4+;. The maximum absolute atomic E-state index is 12.9. The van der Waals surface area contributed by atoms with E-state index in [0.29, 0.717) is 25.0 Å². The summed E-state index contributed by atoms with van der Waals surface area (Å²) in [7, 11) is 0. The van der Waals surface area contributed by atoms with Crippen molar-refractivity contribution in [3.8, 4) is 5.69 Å². The Kier molecular flexibility index (Phi) is 12.1. The van der Waals surface area contributed by atoms with Crippen LogP contribution in [0.4, 0.5) is 0 Å². The summed E-state index contributed by atoms with van der Waals surface area (Å²) in [6, 6.07) is 20.4. The van der Waals surface area contributed by atoms with Crippen LogP contribution in [-0.4, -0.2) is 28.2 Å². The van der Waals surface area contributed by atoms with Crippen molar-refractivity contribution in [1.82, 2.24) is 4.57 Å². The lowest BCUT2D eigenvalue weighted by atomic mass is 10.1. The Morgan fingerprint density at radius 2 is 1.59 bits per heavy atom. The van der Waals surface area contributed by atoms with Gasteiger partial charge in [0.1, 0.15) is 0 Å². The third-order valence-electron chi connectivity index (χ3n) is 5.94. The molecule has 1 aromatic heterocycles. The molecule has 0 amide bonds. The summed E-state index contributed by atoms with van der Waals surface area (Å²) in [6.07, 6.45) is 6.87. The molecule has 2 aromatic carbocycles. The Labute approximate surface area is 221 Å². The van der Waals surface area contributed by atoms with Gasteiger partial charge in [0, 0.05) is 17.8 Å². The molecule has 0 aliphatic carbocycles. The number of benzene rings is 2. The zero-order valence-corrected chi connectivity index (χ0v) is 22.5. The predicted octanol–water partition coefficient (Wildman–Crippen LogP) is 7.46. The fraction of sp³-hybridized carbons (Fsp3) is 0.312. The Bertz CT molecular complexity index is 1190. The van der Waals surface area contributed by atoms with Crippen LogP contribution in [0.3, 0.4) is 0 Å². The van der Waals surface area contributed by atoms with E-state index in [-0.39, 0.29) is 12.4 Å². The number of aryl methyl sites for hydroxylation is 3. The third kappa shape index (κ3) is 8.64. The van der Waals surface area contributed by atoms with Gasteiger partial charge in [-0.1, -0.05) is 54.6 Å². The van der Waals surface area contributed by atoms with Gasteiger partial charge < -0.3 is 14.4 Å². The van der Waals surface area contributed by atoms with Crippen LogP contribution in [0.15, 0.2) is 79.4 Å². The number of hydrogen-bond acceptors (Lipinski definition) is 3. The van der Waals surface area contributed by atoms with E-state index in [4.69, 9.17) is 9.84 Å². The van der Waals surface area contributed by atoms with Gasteiger partial charge >= 0.3 is 11.9 Å². The monoisotopic (exact) mass is 501 g/mol. The minimum absolute atomic E-state index is 0.163. The highest BCUT2D eigenvalue weighted by atomic mass is 16.5. The van der Waals surface area contributed by atoms with Gasteiger partial charge in [0.25, 0.3) is 0 Å². The van der Waals surface area contributed by atoms with Crippen molar-refractivity contribution in [3.63, 3.8) is 0 Å². The molecule has 0 aliphatic heterocycles. The van der Waals surface area contributed by atoms with E-state index in [9.17, 15) is 9.59 Å². The molecule has 3 rings (SSSR count). The van der Waals surface area contributed by atoms with Crippen molar-refractivity contribution in [2.75, 3.05) is 6.61 Å². The molecule has 0 fully saturated rings. The Morgan fingerprint density at radius 1 is 0.973 bits per heavy atom. The Balaban J connectivity index is 0.00000153. The maximum Gasteiger partial charge on any atom is 0.340 e. The number of carbonyl (C=O) groups is 2. The first-order valence-electron chi connectivity index (χ1n) is 12.8. The lowest BCUT2D eigenvalue weighted by Gasteiger charge is -2.16. The van der Waals surface area contributed by atoms with Crippen LogP contribution in [0.2, 0.25) is 0 Å². The topological polar surface area (TPSA) is 68.5 Å². The van der Waals surface area contributed by atoms with Gasteiger partial charge in [-0.15, -0.1) is 6.58 Å². The number of rotatable bonds is 11. The van der Waals surface area contributed by atoms with E-state index < -0.39 is 5.97 Å². The molecular formula is C32H39NO4. The zero-order valence-electron chi connectivity index (χ0n) is 22.5. The average molecular weight is 502 g/mol. The number of carboxylic acids is 1. The van der Waals surface area contributed by atoms with Gasteiger partial charge in [-0.25, -0.2) is 4.79 Å². The summed E-state index contributed by atoms with van der Waals surface area (Å²) in [4.78, 5) is 23.7. The summed E-state index contributed by atoms with van der Waals surface area (Å²) in [6.45, 7) is 11.4. The lowest BCUT2D eigenvalue weighted by Crippen LogP contribution is -2.09. The first-order chi connectivity index (χ1) is 17.9. The van der Waals surface area contributed by atoms with Gasteiger partial charge in [-0.2, -0.15) is 0 Å². The number of allylic oxidation sites excluding steroid dienone is 3. The van der Waals surface area contributed by atoms with Gasteiger partial charge in [-0.05, 0) is 88.3 Å². The molecule has 5 nitrogen and oxygen atoms in total. The van der Waals surface area contributed by atoms with Crippen molar-refractivity contribution < 1.29 is 19.4 Å². The van der Waals surface area contributed by atoms with Crippen molar-refractivity contribution >= 4 is 17.5 Å². The van der Waals surface area contributed by atoms with E-state index in [2.05, 4.69) is 23.3 Å². The van der Waals surface area contributed by atoms with Crippen molar-refractivity contribution in [2.45, 2.75) is 59.8 Å². The molecule has 0 radical (unpaired) electrons. The molecule has 5 heteroatoms. The first-order valence-corrected chi connectivity index (χ1v) is 12.8. The molecule has 0 atom stereocenters. The minimum Gasteiger partial charge on any atom is -0.481 e. The van der Waals surface area contributed by atoms with Gasteiger partial charge in [0.2, 0.25) is 0 Å². The van der Waals surface area contributed by atoms with E-state index in [0.717, 1.165) is 41.1 Å². The van der Waals surface area contributed by atoms with Gasteiger partial charge in [-0.3, -0.25) is 4.79 Å². The first kappa shape index (κ1) is 29.4. The predicted molar refractivity (Wildman–Crippen MR) is 151 cm³/mol. The summed E-state index contributed by atoms with van der Waals surface area (Å²) >= 11 is 0. The van der Waals surface area contributed by atoms with Gasteiger partial charge in [0.05, 0.1) is 17.9 Å². The number of aliphatic carboxylic acids is 1. The molecule has 0 saturated heterocycles. The smallest absolute Gasteiger partial charge is 0.340 e. The molecular weight excluding hydrogens is 462 g/mol.